The number of carbonyl (C=O) groups is 1. The quantitative estimate of drug-likeness (QED) is 0.856. The Hall–Kier alpha value is -1.42. The number of hydrogen-bond donors (Lipinski definition) is 1. The van der Waals surface area contributed by atoms with Crippen molar-refractivity contribution in [2.24, 2.45) is 11.1 Å². The molecule has 0 aliphatic heterocycles. The summed E-state index contributed by atoms with van der Waals surface area (Å²) >= 11 is 0. The molecule has 0 aliphatic carbocycles. The Kier molecular flexibility index (Phi) is 5.48. The lowest BCUT2D eigenvalue weighted by Crippen LogP contribution is -2.42. The second-order valence-electron chi connectivity index (χ2n) is 5.76. The largest absolute Gasteiger partial charge is 0.337 e. The minimum Gasteiger partial charge on any atom is -0.337 e. The van der Waals surface area contributed by atoms with Crippen LogP contribution in [0.5, 0.6) is 0 Å². The summed E-state index contributed by atoms with van der Waals surface area (Å²) < 4.78 is 0. The van der Waals surface area contributed by atoms with Gasteiger partial charge in [-0.3, -0.25) is 9.78 Å². The molecule has 0 fully saturated rings. The maximum absolute atomic E-state index is 12.6. The number of pyridine rings is 1. The van der Waals surface area contributed by atoms with Gasteiger partial charge >= 0.3 is 0 Å². The fraction of sp³-hybridized carbons (Fsp3) is 0.600. The molecule has 0 spiro atoms. The van der Waals surface area contributed by atoms with Crippen LogP contribution in [0.15, 0.2) is 18.3 Å². The summed E-state index contributed by atoms with van der Waals surface area (Å²) in [5, 5.41) is 0. The van der Waals surface area contributed by atoms with Crippen molar-refractivity contribution >= 4 is 5.91 Å². The SMILES string of the molecule is CCCN(CC(C)(C)CN)C(=O)c1ncccc1C. The normalized spacial score (nSPS) is 11.4. The third-order valence-corrected chi connectivity index (χ3v) is 3.16. The van der Waals surface area contributed by atoms with Gasteiger partial charge in [0.1, 0.15) is 5.69 Å². The van der Waals surface area contributed by atoms with E-state index in [2.05, 4.69) is 25.8 Å². The number of carbonyl (C=O) groups excluding carboxylic acids is 1. The Bertz CT molecular complexity index is 429. The van der Waals surface area contributed by atoms with Crippen LogP contribution in [0.25, 0.3) is 0 Å². The van der Waals surface area contributed by atoms with E-state index in [-0.39, 0.29) is 11.3 Å². The summed E-state index contributed by atoms with van der Waals surface area (Å²) in [7, 11) is 0. The van der Waals surface area contributed by atoms with E-state index in [9.17, 15) is 4.79 Å². The first kappa shape index (κ1) is 15.6. The van der Waals surface area contributed by atoms with Crippen molar-refractivity contribution in [3.8, 4) is 0 Å². The van der Waals surface area contributed by atoms with Crippen LogP contribution in [0.4, 0.5) is 0 Å². The highest BCUT2D eigenvalue weighted by Crippen LogP contribution is 2.17. The summed E-state index contributed by atoms with van der Waals surface area (Å²) in [5.74, 6) is 0.00137. The molecule has 0 aromatic carbocycles. The zero-order valence-corrected chi connectivity index (χ0v) is 12.4. The topological polar surface area (TPSA) is 59.2 Å². The molecule has 1 heterocycles. The van der Waals surface area contributed by atoms with Gasteiger partial charge in [-0.25, -0.2) is 0 Å². The number of amides is 1. The molecular weight excluding hydrogens is 238 g/mol. The molecule has 0 radical (unpaired) electrons. The zero-order chi connectivity index (χ0) is 14.5. The summed E-state index contributed by atoms with van der Waals surface area (Å²) in [5.41, 5.74) is 7.15. The average Bonchev–Trinajstić information content (AvgIpc) is 2.38. The molecule has 0 saturated carbocycles. The van der Waals surface area contributed by atoms with Crippen LogP contribution in [-0.2, 0) is 0 Å². The zero-order valence-electron chi connectivity index (χ0n) is 12.4. The lowest BCUT2D eigenvalue weighted by Gasteiger charge is -2.31. The first-order valence-electron chi connectivity index (χ1n) is 6.82. The van der Waals surface area contributed by atoms with Gasteiger partial charge in [-0.1, -0.05) is 26.8 Å². The van der Waals surface area contributed by atoms with Gasteiger partial charge in [0.2, 0.25) is 0 Å². The van der Waals surface area contributed by atoms with Crippen LogP contribution in [0.2, 0.25) is 0 Å². The fourth-order valence-corrected chi connectivity index (χ4v) is 1.96. The lowest BCUT2D eigenvalue weighted by molar-refractivity contribution is 0.0682. The predicted octanol–water partition coefficient (Wildman–Crippen LogP) is 2.23. The van der Waals surface area contributed by atoms with Crippen molar-refractivity contribution < 1.29 is 4.79 Å². The van der Waals surface area contributed by atoms with Crippen molar-refractivity contribution in [2.75, 3.05) is 19.6 Å². The van der Waals surface area contributed by atoms with Gasteiger partial charge in [0.05, 0.1) is 0 Å². The van der Waals surface area contributed by atoms with Crippen molar-refractivity contribution in [3.63, 3.8) is 0 Å². The van der Waals surface area contributed by atoms with Crippen LogP contribution in [0.3, 0.4) is 0 Å². The highest BCUT2D eigenvalue weighted by molar-refractivity contribution is 5.93. The molecule has 1 amide bonds. The molecule has 0 unspecified atom stereocenters. The number of nitrogens with zero attached hydrogens (tertiary/aromatic N) is 2. The molecule has 0 bridgehead atoms. The smallest absolute Gasteiger partial charge is 0.272 e. The Morgan fingerprint density at radius 2 is 2.16 bits per heavy atom. The molecule has 2 N–H and O–H groups in total. The molecule has 19 heavy (non-hydrogen) atoms. The van der Waals surface area contributed by atoms with E-state index in [0.717, 1.165) is 18.5 Å². The van der Waals surface area contributed by atoms with E-state index in [1.165, 1.54) is 0 Å². The van der Waals surface area contributed by atoms with Crippen LogP contribution < -0.4 is 5.73 Å². The minimum atomic E-state index is -0.0759. The van der Waals surface area contributed by atoms with Gasteiger partial charge in [-0.15, -0.1) is 0 Å². The first-order valence-corrected chi connectivity index (χ1v) is 6.82. The maximum Gasteiger partial charge on any atom is 0.272 e. The first-order chi connectivity index (χ1) is 8.91. The molecule has 106 valence electrons. The Morgan fingerprint density at radius 1 is 1.47 bits per heavy atom. The van der Waals surface area contributed by atoms with E-state index >= 15 is 0 Å². The monoisotopic (exact) mass is 263 g/mol. The van der Waals surface area contributed by atoms with Crippen LogP contribution in [-0.4, -0.2) is 35.4 Å². The summed E-state index contributed by atoms with van der Waals surface area (Å²) in [6.07, 6.45) is 2.59. The third kappa shape index (κ3) is 4.31. The second-order valence-corrected chi connectivity index (χ2v) is 5.76. The van der Waals surface area contributed by atoms with Crippen LogP contribution in [0, 0.1) is 12.3 Å². The van der Waals surface area contributed by atoms with Crippen molar-refractivity contribution in [1.82, 2.24) is 9.88 Å². The number of aromatic nitrogens is 1. The minimum absolute atomic E-state index is 0.00137. The summed E-state index contributed by atoms with van der Waals surface area (Å²) in [4.78, 5) is 18.6. The highest BCUT2D eigenvalue weighted by atomic mass is 16.2. The van der Waals surface area contributed by atoms with E-state index in [1.54, 1.807) is 6.20 Å². The predicted molar refractivity (Wildman–Crippen MR) is 78.0 cm³/mol. The van der Waals surface area contributed by atoms with Gasteiger partial charge in [-0.2, -0.15) is 0 Å². The lowest BCUT2D eigenvalue weighted by atomic mass is 9.92. The molecule has 0 aliphatic rings. The molecule has 1 rings (SSSR count). The Morgan fingerprint density at radius 3 is 2.68 bits per heavy atom. The third-order valence-electron chi connectivity index (χ3n) is 3.16. The standard InChI is InChI=1S/C15H25N3O/c1-5-9-18(11-15(3,4)10-16)14(19)13-12(2)7-6-8-17-13/h6-8H,5,9-11,16H2,1-4H3. The van der Waals surface area contributed by atoms with Gasteiger partial charge < -0.3 is 10.6 Å². The second kappa shape index (κ2) is 6.66. The molecule has 4 nitrogen and oxygen atoms in total. The maximum atomic E-state index is 12.6. The molecule has 0 saturated heterocycles. The van der Waals surface area contributed by atoms with Crippen molar-refractivity contribution in [1.29, 1.82) is 0 Å². The van der Waals surface area contributed by atoms with Crippen molar-refractivity contribution in [3.05, 3.63) is 29.6 Å². The van der Waals surface area contributed by atoms with E-state index < -0.39 is 0 Å². The number of aryl methyl sites for hydroxylation is 1. The van der Waals surface area contributed by atoms with Crippen LogP contribution >= 0.6 is 0 Å². The number of nitrogens with two attached hydrogens (primary N) is 1. The number of hydrogen-bond acceptors (Lipinski definition) is 3. The number of rotatable bonds is 6. The molecule has 1 aromatic rings. The van der Waals surface area contributed by atoms with Gasteiger partial charge in [-0.05, 0) is 36.9 Å². The molecular formula is C15H25N3O. The Labute approximate surface area is 116 Å². The van der Waals surface area contributed by atoms with E-state index in [4.69, 9.17) is 5.73 Å². The van der Waals surface area contributed by atoms with Gasteiger partial charge in [0, 0.05) is 19.3 Å². The Balaban J connectivity index is 2.93. The van der Waals surface area contributed by atoms with Gasteiger partial charge in [0.15, 0.2) is 0 Å². The molecule has 0 atom stereocenters. The van der Waals surface area contributed by atoms with Crippen LogP contribution in [0.1, 0.15) is 43.2 Å². The van der Waals surface area contributed by atoms with E-state index in [1.807, 2.05) is 24.0 Å². The van der Waals surface area contributed by atoms with Gasteiger partial charge in [0.25, 0.3) is 5.91 Å². The highest BCUT2D eigenvalue weighted by Gasteiger charge is 2.25. The molecule has 1 aromatic heterocycles. The summed E-state index contributed by atoms with van der Waals surface area (Å²) in [6, 6.07) is 3.76. The molecule has 4 heteroatoms. The fourth-order valence-electron chi connectivity index (χ4n) is 1.96. The van der Waals surface area contributed by atoms with E-state index in [0.29, 0.717) is 18.8 Å². The summed E-state index contributed by atoms with van der Waals surface area (Å²) in [6.45, 7) is 10.1. The average molecular weight is 263 g/mol. The van der Waals surface area contributed by atoms with Crippen molar-refractivity contribution in [2.45, 2.75) is 34.1 Å².